The number of carbonyl (C=O) groups is 1. The highest BCUT2D eigenvalue weighted by atomic mass is 16.5. The van der Waals surface area contributed by atoms with Gasteiger partial charge >= 0.3 is 0 Å². The number of nitrogens with zero attached hydrogens (tertiary/aromatic N) is 3. The average Bonchev–Trinajstić information content (AvgIpc) is 3.14. The summed E-state index contributed by atoms with van der Waals surface area (Å²) in [7, 11) is 0. The molecule has 2 heterocycles. The maximum Gasteiger partial charge on any atom is 0.226 e. The van der Waals surface area contributed by atoms with Crippen molar-refractivity contribution in [1.29, 1.82) is 0 Å². The normalized spacial score (nSPS) is 17.7. The molecule has 1 aromatic carbocycles. The van der Waals surface area contributed by atoms with Crippen LogP contribution in [0.15, 0.2) is 48.8 Å². The van der Waals surface area contributed by atoms with Crippen LogP contribution in [0.3, 0.4) is 0 Å². The molecule has 3 rings (SSSR count). The second-order valence-electron chi connectivity index (χ2n) is 6.21. The van der Waals surface area contributed by atoms with Crippen molar-refractivity contribution in [2.45, 2.75) is 44.7 Å². The first-order valence-electron chi connectivity index (χ1n) is 8.77. The van der Waals surface area contributed by atoms with Crippen LogP contribution in [0.1, 0.15) is 32.1 Å². The Hall–Kier alpha value is -2.30. The molecule has 0 bridgehead atoms. The molecule has 2 aromatic rings. The summed E-state index contributed by atoms with van der Waals surface area (Å²) in [5.74, 6) is 1.02. The number of aryl methyl sites for hydroxylation is 1. The van der Waals surface area contributed by atoms with Crippen molar-refractivity contribution in [2.24, 2.45) is 0 Å². The van der Waals surface area contributed by atoms with E-state index in [0.717, 1.165) is 38.1 Å². The lowest BCUT2D eigenvalue weighted by Crippen LogP contribution is -2.44. The number of piperidine rings is 1. The maximum absolute atomic E-state index is 12.6. The van der Waals surface area contributed by atoms with Crippen molar-refractivity contribution in [3.05, 3.63) is 48.8 Å². The van der Waals surface area contributed by atoms with Gasteiger partial charge < -0.3 is 9.64 Å². The molecule has 1 atom stereocenters. The Bertz CT molecular complexity index is 613. The molecule has 1 aromatic heterocycles. The SMILES string of the molecule is O=C(CCOc1ccccc1)N1CCCC[C@@H]1CCn1cccn1. The van der Waals surface area contributed by atoms with Gasteiger partial charge in [0.2, 0.25) is 5.91 Å². The predicted octanol–water partition coefficient (Wildman–Crippen LogP) is 3.12. The zero-order valence-electron chi connectivity index (χ0n) is 14.0. The lowest BCUT2D eigenvalue weighted by atomic mass is 9.99. The van der Waals surface area contributed by atoms with Gasteiger partial charge in [-0.1, -0.05) is 18.2 Å². The topological polar surface area (TPSA) is 47.4 Å². The summed E-state index contributed by atoms with van der Waals surface area (Å²) in [6, 6.07) is 11.9. The van der Waals surface area contributed by atoms with Crippen LogP contribution in [0.4, 0.5) is 0 Å². The van der Waals surface area contributed by atoms with Crippen molar-refractivity contribution in [1.82, 2.24) is 14.7 Å². The summed E-state index contributed by atoms with van der Waals surface area (Å²) in [5.41, 5.74) is 0. The number of hydrogen-bond donors (Lipinski definition) is 0. The van der Waals surface area contributed by atoms with Gasteiger partial charge in [0.25, 0.3) is 0 Å². The van der Waals surface area contributed by atoms with E-state index in [2.05, 4.69) is 10.00 Å². The Morgan fingerprint density at radius 2 is 2.08 bits per heavy atom. The molecule has 1 saturated heterocycles. The van der Waals surface area contributed by atoms with Crippen molar-refractivity contribution in [2.75, 3.05) is 13.2 Å². The molecule has 128 valence electrons. The Morgan fingerprint density at radius 3 is 2.88 bits per heavy atom. The van der Waals surface area contributed by atoms with Gasteiger partial charge in [-0.3, -0.25) is 9.48 Å². The standard InChI is InChI=1S/C19H25N3O2/c23-19(11-16-24-18-8-2-1-3-9-18)22-14-5-4-7-17(22)10-15-21-13-6-12-20-21/h1-3,6,8-9,12-13,17H,4-5,7,10-11,14-16H2/t17-/m1/s1. The summed E-state index contributed by atoms with van der Waals surface area (Å²) in [6.07, 6.45) is 8.57. The number of aromatic nitrogens is 2. The number of para-hydroxylation sites is 1. The first-order valence-corrected chi connectivity index (χ1v) is 8.77. The Morgan fingerprint density at radius 1 is 1.21 bits per heavy atom. The molecule has 1 fully saturated rings. The summed E-state index contributed by atoms with van der Waals surface area (Å²) in [5, 5.41) is 4.25. The molecule has 0 spiro atoms. The Balaban J connectivity index is 1.47. The molecule has 1 aliphatic rings. The van der Waals surface area contributed by atoms with Crippen LogP contribution >= 0.6 is 0 Å². The summed E-state index contributed by atoms with van der Waals surface area (Å²) < 4.78 is 7.60. The van der Waals surface area contributed by atoms with Gasteiger partial charge in [-0.2, -0.15) is 5.10 Å². The van der Waals surface area contributed by atoms with Crippen LogP contribution < -0.4 is 4.74 Å². The molecular weight excluding hydrogens is 302 g/mol. The lowest BCUT2D eigenvalue weighted by Gasteiger charge is -2.36. The van der Waals surface area contributed by atoms with Gasteiger partial charge in [0.15, 0.2) is 0 Å². The van der Waals surface area contributed by atoms with Crippen molar-refractivity contribution >= 4 is 5.91 Å². The maximum atomic E-state index is 12.6. The fraction of sp³-hybridized carbons (Fsp3) is 0.474. The summed E-state index contributed by atoms with van der Waals surface area (Å²) in [4.78, 5) is 14.6. The smallest absolute Gasteiger partial charge is 0.226 e. The Kier molecular flexibility index (Phi) is 5.88. The molecule has 1 amide bonds. The molecule has 5 nitrogen and oxygen atoms in total. The van der Waals surface area contributed by atoms with Crippen molar-refractivity contribution in [3.63, 3.8) is 0 Å². The van der Waals surface area contributed by atoms with Crippen LogP contribution in [-0.2, 0) is 11.3 Å². The number of amides is 1. The fourth-order valence-corrected chi connectivity index (χ4v) is 3.26. The first-order chi connectivity index (χ1) is 11.8. The van der Waals surface area contributed by atoms with E-state index in [1.807, 2.05) is 47.3 Å². The molecule has 0 radical (unpaired) electrons. The molecule has 0 unspecified atom stereocenters. The van der Waals surface area contributed by atoms with Crippen LogP contribution in [0, 0.1) is 0 Å². The van der Waals surface area contributed by atoms with Gasteiger partial charge in [-0.25, -0.2) is 0 Å². The number of hydrogen-bond acceptors (Lipinski definition) is 3. The summed E-state index contributed by atoms with van der Waals surface area (Å²) >= 11 is 0. The minimum Gasteiger partial charge on any atom is -0.493 e. The van der Waals surface area contributed by atoms with E-state index < -0.39 is 0 Å². The number of carbonyl (C=O) groups excluding carboxylic acids is 1. The van der Waals surface area contributed by atoms with Crippen molar-refractivity contribution in [3.8, 4) is 5.75 Å². The molecule has 5 heteroatoms. The van der Waals surface area contributed by atoms with E-state index in [4.69, 9.17) is 4.74 Å². The highest BCUT2D eigenvalue weighted by molar-refractivity contribution is 5.76. The van der Waals surface area contributed by atoms with Crippen LogP contribution in [0.2, 0.25) is 0 Å². The third-order valence-corrected chi connectivity index (χ3v) is 4.53. The number of ether oxygens (including phenoxy) is 1. The van der Waals surface area contributed by atoms with Gasteiger partial charge in [-0.05, 0) is 43.9 Å². The molecular formula is C19H25N3O2. The van der Waals surface area contributed by atoms with E-state index in [9.17, 15) is 4.79 Å². The van der Waals surface area contributed by atoms with Gasteiger partial charge in [0, 0.05) is 31.5 Å². The highest BCUT2D eigenvalue weighted by Crippen LogP contribution is 2.21. The third kappa shape index (κ3) is 4.60. The predicted molar refractivity (Wildman–Crippen MR) is 92.8 cm³/mol. The minimum atomic E-state index is 0.205. The average molecular weight is 327 g/mol. The number of benzene rings is 1. The Labute approximate surface area is 143 Å². The number of rotatable bonds is 7. The second-order valence-corrected chi connectivity index (χ2v) is 6.21. The second kappa shape index (κ2) is 8.52. The summed E-state index contributed by atoms with van der Waals surface area (Å²) in [6.45, 7) is 2.17. The minimum absolute atomic E-state index is 0.205. The molecule has 0 saturated carbocycles. The molecule has 0 N–H and O–H groups in total. The van der Waals surface area contributed by atoms with Gasteiger partial charge in [-0.15, -0.1) is 0 Å². The van der Waals surface area contributed by atoms with Crippen LogP contribution in [0.25, 0.3) is 0 Å². The van der Waals surface area contributed by atoms with E-state index in [0.29, 0.717) is 19.1 Å². The lowest BCUT2D eigenvalue weighted by molar-refractivity contribution is -0.135. The molecule has 0 aliphatic carbocycles. The largest absolute Gasteiger partial charge is 0.493 e. The monoisotopic (exact) mass is 327 g/mol. The van der Waals surface area contributed by atoms with E-state index >= 15 is 0 Å². The zero-order valence-corrected chi connectivity index (χ0v) is 14.0. The quantitative estimate of drug-likeness (QED) is 0.785. The van der Waals surface area contributed by atoms with Crippen LogP contribution in [0.5, 0.6) is 5.75 Å². The van der Waals surface area contributed by atoms with Gasteiger partial charge in [0.05, 0.1) is 13.0 Å². The highest BCUT2D eigenvalue weighted by Gasteiger charge is 2.26. The van der Waals surface area contributed by atoms with E-state index in [-0.39, 0.29) is 5.91 Å². The van der Waals surface area contributed by atoms with E-state index in [1.165, 1.54) is 6.42 Å². The van der Waals surface area contributed by atoms with Crippen LogP contribution in [-0.4, -0.2) is 39.8 Å². The third-order valence-electron chi connectivity index (χ3n) is 4.53. The zero-order chi connectivity index (χ0) is 16.6. The fourth-order valence-electron chi connectivity index (χ4n) is 3.26. The van der Waals surface area contributed by atoms with E-state index in [1.54, 1.807) is 6.20 Å². The van der Waals surface area contributed by atoms with Crippen molar-refractivity contribution < 1.29 is 9.53 Å². The first kappa shape index (κ1) is 16.6. The molecule has 1 aliphatic heterocycles. The molecule has 24 heavy (non-hydrogen) atoms. The number of likely N-dealkylation sites (tertiary alicyclic amines) is 1. The van der Waals surface area contributed by atoms with Gasteiger partial charge in [0.1, 0.15) is 5.75 Å².